The fourth-order valence-electron chi connectivity index (χ4n) is 3.90. The van der Waals surface area contributed by atoms with E-state index in [-0.39, 0.29) is 45.8 Å². The first kappa shape index (κ1) is 25.8. The number of amides is 3. The summed E-state index contributed by atoms with van der Waals surface area (Å²) in [6, 6.07) is 7.84. The molecule has 3 amide bonds. The van der Waals surface area contributed by atoms with Gasteiger partial charge in [-0.05, 0) is 32.8 Å². The summed E-state index contributed by atoms with van der Waals surface area (Å²) in [4.78, 5) is 42.3. The number of likely N-dealkylation sites (tertiary alicyclic amines) is 1. The molecule has 1 N–H and O–H groups in total. The Kier molecular flexibility index (Phi) is 7.71. The maximum Gasteiger partial charge on any atom is 0.410 e. The van der Waals surface area contributed by atoms with Crippen LogP contribution in [0.15, 0.2) is 30.3 Å². The van der Waals surface area contributed by atoms with E-state index in [0.717, 1.165) is 10.5 Å². The molecule has 2 aliphatic rings. The van der Waals surface area contributed by atoms with Crippen molar-refractivity contribution < 1.29 is 36.8 Å². The fourth-order valence-corrected chi connectivity index (χ4v) is 4.67. The van der Waals surface area contributed by atoms with Crippen molar-refractivity contribution in [1.29, 1.82) is 0 Å². The van der Waals surface area contributed by atoms with Gasteiger partial charge < -0.3 is 19.3 Å². The van der Waals surface area contributed by atoms with Crippen molar-refractivity contribution in [2.24, 2.45) is 0 Å². The molecule has 2 atom stereocenters. The van der Waals surface area contributed by atoms with Gasteiger partial charge in [-0.25, -0.2) is 9.59 Å². The van der Waals surface area contributed by atoms with Crippen molar-refractivity contribution in [3.8, 4) is 0 Å². The molecule has 3 rings (SSSR count). The number of benzene rings is 1. The summed E-state index contributed by atoms with van der Waals surface area (Å²) in [6.07, 6.45) is -1.54. The number of hydrogen-bond donors (Lipinski definition) is 1. The summed E-state index contributed by atoms with van der Waals surface area (Å²) < 4.78 is 43.7. The summed E-state index contributed by atoms with van der Waals surface area (Å²) in [5, 5.41) is -1.28. The van der Waals surface area contributed by atoms with Crippen molar-refractivity contribution >= 4 is 28.2 Å². The summed E-state index contributed by atoms with van der Waals surface area (Å²) in [5.41, 5.74) is 0.0989. The number of piperazine rings is 1. The number of carbonyl (C=O) groups is 3. The normalized spacial score (nSPS) is 21.4. The van der Waals surface area contributed by atoms with Crippen molar-refractivity contribution in [3.05, 3.63) is 35.9 Å². The fraction of sp³-hybridized carbons (Fsp3) is 0.591. The zero-order chi connectivity index (χ0) is 25.1. The zero-order valence-corrected chi connectivity index (χ0v) is 20.4. The molecule has 188 valence electrons. The van der Waals surface area contributed by atoms with E-state index in [2.05, 4.69) is 0 Å². The van der Waals surface area contributed by atoms with Crippen LogP contribution in [0.1, 0.15) is 32.8 Å². The van der Waals surface area contributed by atoms with Gasteiger partial charge in [0.15, 0.2) is 0 Å². The highest BCUT2D eigenvalue weighted by atomic mass is 32.2. The first-order valence-electron chi connectivity index (χ1n) is 11.1. The molecule has 2 aliphatic heterocycles. The van der Waals surface area contributed by atoms with Crippen LogP contribution in [0, 0.1) is 0 Å². The minimum atomic E-state index is -4.46. The highest BCUT2D eigenvalue weighted by molar-refractivity contribution is 7.86. The maximum atomic E-state index is 13.2. The van der Waals surface area contributed by atoms with E-state index in [0.29, 0.717) is 0 Å². The van der Waals surface area contributed by atoms with E-state index in [4.69, 9.17) is 9.47 Å². The Labute approximate surface area is 199 Å². The zero-order valence-electron chi connectivity index (χ0n) is 19.5. The number of hydrogen-bond acceptors (Lipinski definition) is 7. The highest BCUT2D eigenvalue weighted by Crippen LogP contribution is 2.26. The first-order valence-corrected chi connectivity index (χ1v) is 12.6. The molecule has 12 heteroatoms. The van der Waals surface area contributed by atoms with Crippen molar-refractivity contribution in [2.45, 2.75) is 50.7 Å². The Hall–Kier alpha value is -2.86. The van der Waals surface area contributed by atoms with E-state index >= 15 is 0 Å². The summed E-state index contributed by atoms with van der Waals surface area (Å²) in [5.74, 6) is -0.452. The van der Waals surface area contributed by atoms with Crippen LogP contribution in [0.4, 0.5) is 9.59 Å². The molecule has 0 saturated carbocycles. The molecule has 2 fully saturated rings. The molecular formula is C22H31N3O8S. The monoisotopic (exact) mass is 497 g/mol. The largest absolute Gasteiger partial charge is 0.445 e. The van der Waals surface area contributed by atoms with Gasteiger partial charge in [-0.2, -0.15) is 8.42 Å². The van der Waals surface area contributed by atoms with Crippen LogP contribution in [-0.2, 0) is 31.0 Å². The van der Waals surface area contributed by atoms with Gasteiger partial charge in [-0.1, -0.05) is 30.3 Å². The van der Waals surface area contributed by atoms with Gasteiger partial charge in [0.1, 0.15) is 23.5 Å². The van der Waals surface area contributed by atoms with Gasteiger partial charge in [0.05, 0.1) is 0 Å². The van der Waals surface area contributed by atoms with E-state index in [1.807, 2.05) is 6.07 Å². The van der Waals surface area contributed by atoms with Gasteiger partial charge in [0.2, 0.25) is 5.91 Å². The van der Waals surface area contributed by atoms with Gasteiger partial charge in [-0.15, -0.1) is 0 Å². The van der Waals surface area contributed by atoms with E-state index < -0.39 is 45.1 Å². The van der Waals surface area contributed by atoms with E-state index in [1.54, 1.807) is 45.0 Å². The third-order valence-electron chi connectivity index (χ3n) is 5.65. The van der Waals surface area contributed by atoms with Crippen LogP contribution in [0.2, 0.25) is 0 Å². The number of carbonyl (C=O) groups excluding carboxylic acids is 3. The summed E-state index contributed by atoms with van der Waals surface area (Å²) >= 11 is 0. The van der Waals surface area contributed by atoms with Crippen LogP contribution < -0.4 is 0 Å². The molecule has 0 bridgehead atoms. The first-order chi connectivity index (χ1) is 15.8. The molecule has 0 radical (unpaired) electrons. The van der Waals surface area contributed by atoms with Gasteiger partial charge in [0, 0.05) is 32.7 Å². The minimum Gasteiger partial charge on any atom is -0.445 e. The second kappa shape index (κ2) is 10.2. The van der Waals surface area contributed by atoms with Crippen molar-refractivity contribution in [3.63, 3.8) is 0 Å². The Balaban J connectivity index is 1.65. The van der Waals surface area contributed by atoms with Crippen molar-refractivity contribution in [2.75, 3.05) is 32.7 Å². The van der Waals surface area contributed by atoms with E-state index in [9.17, 15) is 27.4 Å². The lowest BCUT2D eigenvalue weighted by molar-refractivity contribution is -0.137. The topological polar surface area (TPSA) is 134 Å². The van der Waals surface area contributed by atoms with Gasteiger partial charge >= 0.3 is 12.2 Å². The lowest BCUT2D eigenvalue weighted by atomic mass is 10.1. The van der Waals surface area contributed by atoms with Crippen LogP contribution in [0.5, 0.6) is 0 Å². The Morgan fingerprint density at radius 3 is 2.15 bits per heavy atom. The Bertz CT molecular complexity index is 1000. The molecule has 2 heterocycles. The number of rotatable bonds is 4. The van der Waals surface area contributed by atoms with Crippen LogP contribution in [0.3, 0.4) is 0 Å². The standard InChI is InChI=1S/C22H31N3O8S/c1-22(2,3)33-20(27)24-11-9-23(10-12-24)19(26)18-13-17(34(29,30)31)14-25(18)21(28)32-15-16-7-5-4-6-8-16/h4-8,17-18H,9-15H2,1-3H3,(H,29,30,31)/t17-,18+/m1/s1. The second-order valence-electron chi connectivity index (χ2n) is 9.37. The SMILES string of the molecule is CC(C)(C)OC(=O)N1CCN(C(=O)[C@@H]2C[C@@H](S(=O)(=O)O)CN2C(=O)OCc2ccccc2)CC1. The second-order valence-corrected chi connectivity index (χ2v) is 11.1. The number of nitrogens with zero attached hydrogens (tertiary/aromatic N) is 3. The van der Waals surface area contributed by atoms with Crippen LogP contribution >= 0.6 is 0 Å². The predicted molar refractivity (Wildman–Crippen MR) is 121 cm³/mol. The molecule has 11 nitrogen and oxygen atoms in total. The lowest BCUT2D eigenvalue weighted by Crippen LogP contribution is -2.55. The van der Waals surface area contributed by atoms with Crippen LogP contribution in [-0.4, -0.2) is 95.4 Å². The molecule has 34 heavy (non-hydrogen) atoms. The summed E-state index contributed by atoms with van der Waals surface area (Å²) in [7, 11) is -4.46. The Morgan fingerprint density at radius 2 is 1.59 bits per heavy atom. The summed E-state index contributed by atoms with van der Waals surface area (Å²) in [6.45, 7) is 5.81. The molecule has 0 aliphatic carbocycles. The highest BCUT2D eigenvalue weighted by Gasteiger charge is 2.47. The molecule has 0 spiro atoms. The van der Waals surface area contributed by atoms with E-state index in [1.165, 1.54) is 9.80 Å². The minimum absolute atomic E-state index is 0.0395. The van der Waals surface area contributed by atoms with Gasteiger partial charge in [0.25, 0.3) is 10.1 Å². The average molecular weight is 498 g/mol. The Morgan fingerprint density at radius 1 is 1.00 bits per heavy atom. The molecule has 0 unspecified atom stereocenters. The maximum absolute atomic E-state index is 13.2. The average Bonchev–Trinajstić information content (AvgIpc) is 3.23. The molecule has 1 aromatic carbocycles. The van der Waals surface area contributed by atoms with Crippen molar-refractivity contribution in [1.82, 2.24) is 14.7 Å². The molecule has 0 aromatic heterocycles. The number of ether oxygens (including phenoxy) is 2. The van der Waals surface area contributed by atoms with Gasteiger partial charge in [-0.3, -0.25) is 14.2 Å². The molecular weight excluding hydrogens is 466 g/mol. The smallest absolute Gasteiger partial charge is 0.410 e. The lowest BCUT2D eigenvalue weighted by Gasteiger charge is -2.37. The molecule has 2 saturated heterocycles. The predicted octanol–water partition coefficient (Wildman–Crippen LogP) is 1.73. The third kappa shape index (κ3) is 6.60. The molecule has 1 aromatic rings. The third-order valence-corrected chi connectivity index (χ3v) is 6.84. The van der Waals surface area contributed by atoms with Crippen LogP contribution in [0.25, 0.3) is 0 Å². The quantitative estimate of drug-likeness (QED) is 0.622.